The lowest BCUT2D eigenvalue weighted by Gasteiger charge is -2.11. The van der Waals surface area contributed by atoms with Crippen molar-refractivity contribution in [3.63, 3.8) is 0 Å². The first-order valence-corrected chi connectivity index (χ1v) is 6.64. The van der Waals surface area contributed by atoms with Crippen molar-refractivity contribution in [1.29, 1.82) is 0 Å². The Labute approximate surface area is 108 Å². The fourth-order valence-corrected chi connectivity index (χ4v) is 3.60. The first-order valence-electron chi connectivity index (χ1n) is 6.64. The fraction of sp³-hybridized carbons (Fsp3) is 0.222. The van der Waals surface area contributed by atoms with Gasteiger partial charge in [-0.2, -0.15) is 0 Å². The summed E-state index contributed by atoms with van der Waals surface area (Å²) in [6.07, 6.45) is 4.76. The van der Waals surface area contributed by atoms with Crippen LogP contribution in [-0.4, -0.2) is 0 Å². The van der Waals surface area contributed by atoms with Crippen molar-refractivity contribution in [2.75, 3.05) is 0 Å². The van der Waals surface area contributed by atoms with Crippen LogP contribution in [0.3, 0.4) is 0 Å². The van der Waals surface area contributed by atoms with Crippen molar-refractivity contribution in [3.05, 3.63) is 70.8 Å². The molecule has 0 aromatic heterocycles. The predicted molar refractivity (Wildman–Crippen MR) is 76.9 cm³/mol. The molecule has 2 bridgehead atoms. The van der Waals surface area contributed by atoms with Crippen LogP contribution in [0.15, 0.2) is 59.7 Å². The van der Waals surface area contributed by atoms with Gasteiger partial charge >= 0.3 is 0 Å². The Morgan fingerprint density at radius 2 is 1.33 bits per heavy atom. The lowest BCUT2D eigenvalue weighted by molar-refractivity contribution is 0.993. The molecule has 2 atom stereocenters. The predicted octanol–water partition coefficient (Wildman–Crippen LogP) is 4.93. The maximum absolute atomic E-state index is 2.39. The summed E-state index contributed by atoms with van der Waals surface area (Å²) in [5.41, 5.74) is 6.14. The minimum absolute atomic E-state index is 0.541. The van der Waals surface area contributed by atoms with Crippen molar-refractivity contribution in [2.45, 2.75) is 25.7 Å². The third kappa shape index (κ3) is 1.16. The summed E-state index contributed by atoms with van der Waals surface area (Å²) in [7, 11) is 0. The van der Waals surface area contributed by atoms with Crippen LogP contribution in [0.5, 0.6) is 0 Å². The van der Waals surface area contributed by atoms with Crippen LogP contribution in [0.25, 0.3) is 10.8 Å². The van der Waals surface area contributed by atoms with E-state index in [1.165, 1.54) is 27.5 Å². The molecule has 2 aromatic rings. The molecule has 0 nitrogen and oxygen atoms in total. The Hall–Kier alpha value is -1.82. The molecule has 4 rings (SSSR count). The quantitative estimate of drug-likeness (QED) is 0.565. The second-order valence-electron chi connectivity index (χ2n) is 5.62. The SMILES string of the molecule is CC(C)=C1C2C=CC1c1cc3ccccc3cc12. The molecule has 2 aliphatic rings. The molecular weight excluding hydrogens is 216 g/mol. The molecule has 0 saturated carbocycles. The Kier molecular flexibility index (Phi) is 1.89. The minimum Gasteiger partial charge on any atom is -0.0760 e. The van der Waals surface area contributed by atoms with Gasteiger partial charge in [0.25, 0.3) is 0 Å². The smallest absolute Gasteiger partial charge is 0.0243 e. The summed E-state index contributed by atoms with van der Waals surface area (Å²) in [4.78, 5) is 0. The van der Waals surface area contributed by atoms with Gasteiger partial charge in [-0.05, 0) is 53.5 Å². The summed E-state index contributed by atoms with van der Waals surface area (Å²) in [5, 5.41) is 2.73. The van der Waals surface area contributed by atoms with E-state index in [0.29, 0.717) is 11.8 Å². The first kappa shape index (κ1) is 10.1. The molecule has 2 aromatic carbocycles. The lowest BCUT2D eigenvalue weighted by Crippen LogP contribution is -1.92. The molecule has 0 heterocycles. The van der Waals surface area contributed by atoms with Crippen LogP contribution < -0.4 is 0 Å². The number of rotatable bonds is 0. The second-order valence-corrected chi connectivity index (χ2v) is 5.62. The number of hydrogen-bond acceptors (Lipinski definition) is 0. The van der Waals surface area contributed by atoms with Gasteiger partial charge < -0.3 is 0 Å². The summed E-state index contributed by atoms with van der Waals surface area (Å²) in [6, 6.07) is 13.5. The van der Waals surface area contributed by atoms with Crippen LogP contribution in [0.2, 0.25) is 0 Å². The molecular formula is C18H16. The van der Waals surface area contributed by atoms with E-state index in [0.717, 1.165) is 0 Å². The van der Waals surface area contributed by atoms with E-state index in [9.17, 15) is 0 Å². The molecule has 88 valence electrons. The van der Waals surface area contributed by atoms with Gasteiger partial charge in [-0.3, -0.25) is 0 Å². The molecule has 0 saturated heterocycles. The zero-order chi connectivity index (χ0) is 12.3. The molecule has 0 spiro atoms. The average Bonchev–Trinajstić information content (AvgIpc) is 2.93. The zero-order valence-corrected chi connectivity index (χ0v) is 10.8. The molecule has 0 heteroatoms. The maximum atomic E-state index is 2.39. The van der Waals surface area contributed by atoms with Gasteiger partial charge in [0.15, 0.2) is 0 Å². The van der Waals surface area contributed by atoms with E-state index < -0.39 is 0 Å². The van der Waals surface area contributed by atoms with Crippen LogP contribution in [0.1, 0.15) is 36.8 Å². The molecule has 18 heavy (non-hydrogen) atoms. The topological polar surface area (TPSA) is 0 Å². The highest BCUT2D eigenvalue weighted by Gasteiger charge is 2.37. The van der Waals surface area contributed by atoms with Gasteiger partial charge in [0.2, 0.25) is 0 Å². The Bertz CT molecular complexity index is 657. The number of fused-ring (bicyclic) bond motifs is 6. The summed E-state index contributed by atoms with van der Waals surface area (Å²) >= 11 is 0. The van der Waals surface area contributed by atoms with E-state index in [1.54, 1.807) is 5.57 Å². The maximum Gasteiger partial charge on any atom is 0.0243 e. The molecule has 0 amide bonds. The van der Waals surface area contributed by atoms with Crippen LogP contribution in [-0.2, 0) is 0 Å². The monoisotopic (exact) mass is 232 g/mol. The van der Waals surface area contributed by atoms with E-state index in [4.69, 9.17) is 0 Å². The summed E-state index contributed by atoms with van der Waals surface area (Å²) < 4.78 is 0. The van der Waals surface area contributed by atoms with Crippen molar-refractivity contribution in [2.24, 2.45) is 0 Å². The molecule has 0 aliphatic heterocycles. The standard InChI is InChI=1S/C18H16/c1-11(2)18-14-7-8-15(18)17-10-13-6-4-3-5-12(13)9-16(14)17/h3-10,14-15H,1-2H3. The van der Waals surface area contributed by atoms with Gasteiger partial charge in [-0.1, -0.05) is 42.0 Å². The number of allylic oxidation sites excluding steroid dienone is 4. The van der Waals surface area contributed by atoms with E-state index >= 15 is 0 Å². The first-order chi connectivity index (χ1) is 8.75. The van der Waals surface area contributed by atoms with Crippen molar-refractivity contribution >= 4 is 10.8 Å². The van der Waals surface area contributed by atoms with Gasteiger partial charge in [-0.15, -0.1) is 0 Å². The zero-order valence-electron chi connectivity index (χ0n) is 10.8. The van der Waals surface area contributed by atoms with E-state index in [2.05, 4.69) is 62.4 Å². The van der Waals surface area contributed by atoms with Gasteiger partial charge in [0.05, 0.1) is 0 Å². The van der Waals surface area contributed by atoms with Gasteiger partial charge in [0, 0.05) is 11.8 Å². The van der Waals surface area contributed by atoms with E-state index in [-0.39, 0.29) is 0 Å². The third-order valence-electron chi connectivity index (χ3n) is 4.36. The Morgan fingerprint density at radius 1 is 0.833 bits per heavy atom. The molecule has 0 N–H and O–H groups in total. The van der Waals surface area contributed by atoms with Crippen LogP contribution in [0, 0.1) is 0 Å². The van der Waals surface area contributed by atoms with Gasteiger partial charge in [0.1, 0.15) is 0 Å². The van der Waals surface area contributed by atoms with Crippen molar-refractivity contribution in [3.8, 4) is 0 Å². The van der Waals surface area contributed by atoms with Crippen LogP contribution in [0.4, 0.5) is 0 Å². The molecule has 2 unspecified atom stereocenters. The molecule has 0 radical (unpaired) electrons. The van der Waals surface area contributed by atoms with Crippen molar-refractivity contribution in [1.82, 2.24) is 0 Å². The Balaban J connectivity index is 2.04. The van der Waals surface area contributed by atoms with Crippen LogP contribution >= 0.6 is 0 Å². The Morgan fingerprint density at radius 3 is 1.78 bits per heavy atom. The number of benzene rings is 2. The summed E-state index contributed by atoms with van der Waals surface area (Å²) in [5.74, 6) is 1.08. The highest BCUT2D eigenvalue weighted by atomic mass is 14.4. The normalized spacial score (nSPS) is 23.8. The fourth-order valence-electron chi connectivity index (χ4n) is 3.60. The van der Waals surface area contributed by atoms with Gasteiger partial charge in [-0.25, -0.2) is 0 Å². The highest BCUT2D eigenvalue weighted by Crippen LogP contribution is 2.54. The number of hydrogen-bond donors (Lipinski definition) is 0. The van der Waals surface area contributed by atoms with Crippen molar-refractivity contribution < 1.29 is 0 Å². The average molecular weight is 232 g/mol. The largest absolute Gasteiger partial charge is 0.0760 e. The second kappa shape index (κ2) is 3.35. The molecule has 2 aliphatic carbocycles. The summed E-state index contributed by atoms with van der Waals surface area (Å²) in [6.45, 7) is 4.49. The molecule has 0 fully saturated rings. The van der Waals surface area contributed by atoms with E-state index in [1.807, 2.05) is 0 Å². The third-order valence-corrected chi connectivity index (χ3v) is 4.36. The minimum atomic E-state index is 0.541. The highest BCUT2D eigenvalue weighted by molar-refractivity contribution is 5.86. The lowest BCUT2D eigenvalue weighted by atomic mass is 9.93.